The Labute approximate surface area is 131 Å². The van der Waals surface area contributed by atoms with Crippen LogP contribution in [0, 0.1) is 0 Å². The quantitative estimate of drug-likeness (QED) is 0.379. The molecule has 0 aromatic heterocycles. The van der Waals surface area contributed by atoms with Crippen molar-refractivity contribution < 1.29 is 23.9 Å². The summed E-state index contributed by atoms with van der Waals surface area (Å²) in [6.07, 6.45) is 0.647. The third-order valence-corrected chi connectivity index (χ3v) is 2.57. The van der Waals surface area contributed by atoms with E-state index in [1.165, 1.54) is 18.7 Å². The summed E-state index contributed by atoms with van der Waals surface area (Å²) >= 11 is 0. The van der Waals surface area contributed by atoms with Crippen molar-refractivity contribution >= 4 is 23.3 Å². The second-order valence-corrected chi connectivity index (χ2v) is 5.23. The van der Waals surface area contributed by atoms with Crippen molar-refractivity contribution in [1.82, 2.24) is 10.2 Å². The molecule has 0 aliphatic heterocycles. The van der Waals surface area contributed by atoms with Crippen LogP contribution in [0.25, 0.3) is 0 Å². The fraction of sp³-hybridized carbons (Fsp3) is 0.733. The first-order valence-electron chi connectivity index (χ1n) is 7.42. The van der Waals surface area contributed by atoms with Crippen LogP contribution in [0.5, 0.6) is 0 Å². The Hall–Kier alpha value is -1.60. The van der Waals surface area contributed by atoms with Crippen molar-refractivity contribution in [1.29, 1.82) is 0 Å². The summed E-state index contributed by atoms with van der Waals surface area (Å²) in [7, 11) is 0. The van der Waals surface area contributed by atoms with Gasteiger partial charge in [-0.3, -0.25) is 24.1 Å². The smallest absolute Gasteiger partial charge is 0.227 e. The lowest BCUT2D eigenvalue weighted by Crippen LogP contribution is -2.39. The molecule has 0 unspecified atom stereocenters. The zero-order chi connectivity index (χ0) is 17.0. The predicted molar refractivity (Wildman–Crippen MR) is 81.5 cm³/mol. The summed E-state index contributed by atoms with van der Waals surface area (Å²) in [6, 6.07) is 0. The molecule has 0 radical (unpaired) electrons. The number of hydrogen-bond donors (Lipinski definition) is 1. The van der Waals surface area contributed by atoms with E-state index in [0.29, 0.717) is 19.8 Å². The van der Waals surface area contributed by atoms with Crippen molar-refractivity contribution in [2.75, 3.05) is 39.4 Å². The Bertz CT molecular complexity index is 379. The van der Waals surface area contributed by atoms with Crippen LogP contribution in [0.1, 0.15) is 33.6 Å². The lowest BCUT2D eigenvalue weighted by atomic mass is 10.2. The van der Waals surface area contributed by atoms with Crippen LogP contribution in [0.15, 0.2) is 0 Å². The van der Waals surface area contributed by atoms with E-state index in [0.717, 1.165) is 6.42 Å². The molecule has 0 rings (SSSR count). The normalized spacial score (nSPS) is 10.5. The first-order chi connectivity index (χ1) is 10.3. The summed E-state index contributed by atoms with van der Waals surface area (Å²) in [6.45, 7) is 6.14. The summed E-state index contributed by atoms with van der Waals surface area (Å²) in [5.41, 5.74) is 0. The zero-order valence-corrected chi connectivity index (χ0v) is 13.6. The maximum atomic E-state index is 11.8. The summed E-state index contributed by atoms with van der Waals surface area (Å²) < 4.78 is 5.21. The van der Waals surface area contributed by atoms with Crippen molar-refractivity contribution in [3.63, 3.8) is 0 Å². The minimum Gasteiger partial charge on any atom is -0.380 e. The van der Waals surface area contributed by atoms with E-state index in [1.54, 1.807) is 0 Å². The Balaban J connectivity index is 4.08. The van der Waals surface area contributed by atoms with Gasteiger partial charge in [0.2, 0.25) is 5.91 Å². The van der Waals surface area contributed by atoms with Gasteiger partial charge in [0.15, 0.2) is 5.78 Å². The van der Waals surface area contributed by atoms with E-state index < -0.39 is 0 Å². The Morgan fingerprint density at radius 1 is 0.955 bits per heavy atom. The van der Waals surface area contributed by atoms with Crippen LogP contribution in [0.2, 0.25) is 0 Å². The topological polar surface area (TPSA) is 92.8 Å². The number of ether oxygens (including phenoxy) is 1. The monoisotopic (exact) mass is 314 g/mol. The number of carbonyl (C=O) groups excluding carboxylic acids is 4. The highest BCUT2D eigenvalue weighted by Crippen LogP contribution is 1.94. The molecule has 0 heterocycles. The molecule has 1 amide bonds. The summed E-state index contributed by atoms with van der Waals surface area (Å²) in [5.74, 6) is -0.969. The van der Waals surface area contributed by atoms with Crippen LogP contribution >= 0.6 is 0 Å². The van der Waals surface area contributed by atoms with Crippen LogP contribution in [0.4, 0.5) is 0 Å². The Morgan fingerprint density at radius 3 is 2.05 bits per heavy atom. The van der Waals surface area contributed by atoms with Gasteiger partial charge in [-0.15, -0.1) is 0 Å². The highest BCUT2D eigenvalue weighted by atomic mass is 16.5. The van der Waals surface area contributed by atoms with Crippen LogP contribution in [0.3, 0.4) is 0 Å². The van der Waals surface area contributed by atoms with Crippen LogP contribution < -0.4 is 5.32 Å². The average Bonchev–Trinajstić information content (AvgIpc) is 2.36. The summed E-state index contributed by atoms with van der Waals surface area (Å²) in [5, 5.41) is 2.59. The van der Waals surface area contributed by atoms with E-state index in [2.05, 4.69) is 5.32 Å². The van der Waals surface area contributed by atoms with Gasteiger partial charge < -0.3 is 10.1 Å². The van der Waals surface area contributed by atoms with Gasteiger partial charge in [0.1, 0.15) is 11.6 Å². The molecule has 0 aromatic rings. The lowest BCUT2D eigenvalue weighted by Gasteiger charge is -2.18. The zero-order valence-electron chi connectivity index (χ0n) is 13.6. The van der Waals surface area contributed by atoms with Crippen molar-refractivity contribution in [2.24, 2.45) is 0 Å². The molecule has 0 saturated heterocycles. The molecule has 0 spiro atoms. The molecule has 22 heavy (non-hydrogen) atoms. The largest absolute Gasteiger partial charge is 0.380 e. The molecular formula is C15H26N2O5. The van der Waals surface area contributed by atoms with E-state index in [4.69, 9.17) is 4.74 Å². The second-order valence-electron chi connectivity index (χ2n) is 5.23. The van der Waals surface area contributed by atoms with Crippen LogP contribution in [-0.4, -0.2) is 67.5 Å². The molecule has 1 N–H and O–H groups in total. The van der Waals surface area contributed by atoms with Gasteiger partial charge >= 0.3 is 0 Å². The maximum Gasteiger partial charge on any atom is 0.227 e. The number of nitrogens with one attached hydrogen (secondary N) is 1. The van der Waals surface area contributed by atoms with Gasteiger partial charge in [-0.25, -0.2) is 0 Å². The molecule has 0 atom stereocenters. The highest BCUT2D eigenvalue weighted by Gasteiger charge is 2.16. The molecule has 0 saturated carbocycles. The first-order valence-corrected chi connectivity index (χ1v) is 7.42. The number of Topliss-reactive ketones (excluding diaryl/α,β-unsaturated/α-hetero) is 3. The van der Waals surface area contributed by atoms with Gasteiger partial charge in [-0.1, -0.05) is 6.92 Å². The molecule has 126 valence electrons. The molecule has 0 aliphatic carbocycles. The van der Waals surface area contributed by atoms with Gasteiger partial charge in [0.25, 0.3) is 0 Å². The number of carbonyl (C=O) groups is 4. The van der Waals surface area contributed by atoms with Gasteiger partial charge in [0, 0.05) is 13.2 Å². The minimum atomic E-state index is -0.379. The molecule has 7 nitrogen and oxygen atoms in total. The first kappa shape index (κ1) is 20.4. The minimum absolute atomic E-state index is 0.0256. The SMILES string of the molecule is CCCOCCNC(=O)CC(=O)CN(CC(C)=O)CC(C)=O. The Morgan fingerprint density at radius 2 is 1.55 bits per heavy atom. The number of amides is 1. The van der Waals surface area contributed by atoms with Gasteiger partial charge in [-0.2, -0.15) is 0 Å². The molecule has 0 aromatic carbocycles. The van der Waals surface area contributed by atoms with E-state index in [9.17, 15) is 19.2 Å². The molecule has 7 heteroatoms. The van der Waals surface area contributed by atoms with Crippen molar-refractivity contribution in [3.05, 3.63) is 0 Å². The number of ketones is 3. The number of nitrogens with zero attached hydrogens (tertiary/aromatic N) is 1. The van der Waals surface area contributed by atoms with E-state index >= 15 is 0 Å². The standard InChI is InChI=1S/C15H26N2O5/c1-4-6-22-7-5-16-15(21)8-14(20)11-17(9-12(2)18)10-13(3)19/h4-11H2,1-3H3,(H,16,21). The lowest BCUT2D eigenvalue weighted by molar-refractivity contribution is -0.129. The molecule has 0 aliphatic rings. The van der Waals surface area contributed by atoms with Gasteiger partial charge in [-0.05, 0) is 20.3 Å². The molecule has 0 fully saturated rings. The second kappa shape index (κ2) is 12.0. The van der Waals surface area contributed by atoms with Crippen molar-refractivity contribution in [2.45, 2.75) is 33.6 Å². The fourth-order valence-corrected chi connectivity index (χ4v) is 1.85. The Kier molecular flexibility index (Phi) is 11.1. The van der Waals surface area contributed by atoms with E-state index in [-0.39, 0.29) is 49.3 Å². The predicted octanol–water partition coefficient (Wildman–Crippen LogP) is -0.0316. The maximum absolute atomic E-state index is 11.8. The highest BCUT2D eigenvalue weighted by molar-refractivity contribution is 5.99. The molecular weight excluding hydrogens is 288 g/mol. The van der Waals surface area contributed by atoms with Gasteiger partial charge in [0.05, 0.1) is 32.7 Å². The fourth-order valence-electron chi connectivity index (χ4n) is 1.85. The third kappa shape index (κ3) is 12.2. The average molecular weight is 314 g/mol. The van der Waals surface area contributed by atoms with E-state index in [1.807, 2.05) is 6.92 Å². The number of hydrogen-bond acceptors (Lipinski definition) is 6. The number of rotatable bonds is 13. The molecule has 0 bridgehead atoms. The van der Waals surface area contributed by atoms with Crippen LogP contribution in [-0.2, 0) is 23.9 Å². The summed E-state index contributed by atoms with van der Waals surface area (Å²) in [4.78, 5) is 47.0. The third-order valence-electron chi connectivity index (χ3n) is 2.57. The van der Waals surface area contributed by atoms with Crippen molar-refractivity contribution in [3.8, 4) is 0 Å².